The number of halogens is 2. The van der Waals surface area contributed by atoms with Crippen molar-refractivity contribution in [2.45, 2.75) is 25.3 Å². The van der Waals surface area contributed by atoms with Crippen molar-refractivity contribution in [3.8, 4) is 0 Å². The molecule has 0 bridgehead atoms. The molecule has 0 saturated heterocycles. The van der Waals surface area contributed by atoms with Crippen LogP contribution in [-0.4, -0.2) is 10.9 Å². The van der Waals surface area contributed by atoms with Crippen LogP contribution in [0, 0.1) is 5.82 Å². The van der Waals surface area contributed by atoms with Gasteiger partial charge in [-0.3, -0.25) is 4.79 Å². The van der Waals surface area contributed by atoms with Gasteiger partial charge >= 0.3 is 0 Å². The van der Waals surface area contributed by atoms with E-state index in [1.807, 2.05) is 0 Å². The average Bonchev–Trinajstić information content (AvgIpc) is 2.78. The molecule has 3 rings (SSSR count). The molecule has 1 atom stereocenters. The number of aryl methyl sites for hydroxylation is 1. The number of fused-ring (bicyclic) bond motifs is 3. The SMILES string of the molecule is C=C(F)C(=O)NC1CCCc2c1[nH]c1ccc(F)cc21. The molecule has 2 aromatic rings. The zero-order valence-corrected chi connectivity index (χ0v) is 10.8. The van der Waals surface area contributed by atoms with Crippen LogP contribution in [0.3, 0.4) is 0 Å². The second-order valence-electron chi connectivity index (χ2n) is 5.03. The van der Waals surface area contributed by atoms with E-state index in [0.29, 0.717) is 0 Å². The molecular weight excluding hydrogens is 262 g/mol. The van der Waals surface area contributed by atoms with E-state index in [-0.39, 0.29) is 11.9 Å². The number of benzene rings is 1. The molecule has 5 heteroatoms. The van der Waals surface area contributed by atoms with E-state index in [1.54, 1.807) is 6.07 Å². The maximum Gasteiger partial charge on any atom is 0.279 e. The summed E-state index contributed by atoms with van der Waals surface area (Å²) >= 11 is 0. The van der Waals surface area contributed by atoms with Gasteiger partial charge in [0.25, 0.3) is 5.91 Å². The molecule has 2 N–H and O–H groups in total. The minimum absolute atomic E-state index is 0.283. The molecule has 0 saturated carbocycles. The number of aromatic nitrogens is 1. The summed E-state index contributed by atoms with van der Waals surface area (Å²) in [6, 6.07) is 4.27. The fourth-order valence-corrected chi connectivity index (χ4v) is 2.82. The van der Waals surface area contributed by atoms with Crippen molar-refractivity contribution < 1.29 is 13.6 Å². The molecule has 104 valence electrons. The van der Waals surface area contributed by atoms with E-state index >= 15 is 0 Å². The second kappa shape index (κ2) is 4.74. The number of hydrogen-bond donors (Lipinski definition) is 2. The number of carbonyl (C=O) groups is 1. The minimum Gasteiger partial charge on any atom is -0.356 e. The molecule has 1 aromatic carbocycles. The van der Waals surface area contributed by atoms with Gasteiger partial charge in [0.1, 0.15) is 5.82 Å². The van der Waals surface area contributed by atoms with Gasteiger partial charge in [0.2, 0.25) is 0 Å². The first kappa shape index (κ1) is 12.8. The minimum atomic E-state index is -1.00. The number of hydrogen-bond acceptors (Lipinski definition) is 1. The van der Waals surface area contributed by atoms with Crippen LogP contribution in [0.1, 0.15) is 30.1 Å². The second-order valence-corrected chi connectivity index (χ2v) is 5.03. The molecule has 0 radical (unpaired) electrons. The molecule has 0 aliphatic heterocycles. The van der Waals surface area contributed by atoms with Crippen LogP contribution in [0.5, 0.6) is 0 Å². The lowest BCUT2D eigenvalue weighted by atomic mass is 9.91. The normalized spacial score (nSPS) is 17.8. The summed E-state index contributed by atoms with van der Waals surface area (Å²) in [4.78, 5) is 14.6. The largest absolute Gasteiger partial charge is 0.356 e. The molecule has 1 amide bonds. The van der Waals surface area contributed by atoms with Crippen molar-refractivity contribution in [1.82, 2.24) is 10.3 Å². The van der Waals surface area contributed by atoms with Crippen LogP contribution >= 0.6 is 0 Å². The molecule has 1 aliphatic rings. The number of nitrogens with one attached hydrogen (secondary N) is 2. The first-order valence-electron chi connectivity index (χ1n) is 6.51. The Kier molecular flexibility index (Phi) is 3.04. The summed E-state index contributed by atoms with van der Waals surface area (Å²) in [7, 11) is 0. The van der Waals surface area contributed by atoms with E-state index in [1.165, 1.54) is 12.1 Å². The number of H-pyrrole nitrogens is 1. The van der Waals surface area contributed by atoms with E-state index in [0.717, 1.165) is 41.4 Å². The summed E-state index contributed by atoms with van der Waals surface area (Å²) in [5.74, 6) is -2.09. The zero-order chi connectivity index (χ0) is 14.3. The van der Waals surface area contributed by atoms with Gasteiger partial charge in [-0.2, -0.15) is 0 Å². The van der Waals surface area contributed by atoms with E-state index in [2.05, 4.69) is 16.9 Å². The van der Waals surface area contributed by atoms with Crippen molar-refractivity contribution in [3.05, 3.63) is 47.7 Å². The van der Waals surface area contributed by atoms with Crippen molar-refractivity contribution in [3.63, 3.8) is 0 Å². The fourth-order valence-electron chi connectivity index (χ4n) is 2.82. The lowest BCUT2D eigenvalue weighted by Crippen LogP contribution is -2.31. The van der Waals surface area contributed by atoms with Crippen LogP contribution in [0.15, 0.2) is 30.6 Å². The number of aromatic amines is 1. The van der Waals surface area contributed by atoms with E-state index in [4.69, 9.17) is 0 Å². The molecule has 1 aliphatic carbocycles. The maximum absolute atomic E-state index is 13.4. The summed E-state index contributed by atoms with van der Waals surface area (Å²) in [6.45, 7) is 2.99. The predicted octanol–water partition coefficient (Wildman–Crippen LogP) is 3.28. The Morgan fingerprint density at radius 3 is 3.00 bits per heavy atom. The molecule has 0 spiro atoms. The third-order valence-electron chi connectivity index (χ3n) is 3.72. The zero-order valence-electron chi connectivity index (χ0n) is 10.8. The smallest absolute Gasteiger partial charge is 0.279 e. The standard InChI is InChI=1S/C15H14F2N2O/c1-8(16)15(20)19-13-4-2-3-10-11-7-9(17)5-6-12(11)18-14(10)13/h5-7,13,18H,1-4H2,(H,19,20). The Hall–Kier alpha value is -2.17. The molecule has 1 unspecified atom stereocenters. The molecule has 1 heterocycles. The lowest BCUT2D eigenvalue weighted by Gasteiger charge is -2.23. The van der Waals surface area contributed by atoms with Gasteiger partial charge in [-0.25, -0.2) is 8.78 Å². The van der Waals surface area contributed by atoms with Gasteiger partial charge in [0.15, 0.2) is 5.83 Å². The van der Waals surface area contributed by atoms with Gasteiger partial charge in [-0.15, -0.1) is 0 Å². The average molecular weight is 276 g/mol. The number of amides is 1. The van der Waals surface area contributed by atoms with Crippen LogP contribution in [0.4, 0.5) is 8.78 Å². The monoisotopic (exact) mass is 276 g/mol. The van der Waals surface area contributed by atoms with E-state index in [9.17, 15) is 13.6 Å². The Labute approximate surface area is 114 Å². The van der Waals surface area contributed by atoms with Crippen molar-refractivity contribution >= 4 is 16.8 Å². The third-order valence-corrected chi connectivity index (χ3v) is 3.72. The van der Waals surface area contributed by atoms with Gasteiger partial charge in [-0.1, -0.05) is 6.58 Å². The van der Waals surface area contributed by atoms with Crippen molar-refractivity contribution in [2.75, 3.05) is 0 Å². The van der Waals surface area contributed by atoms with Crippen LogP contribution in [0.2, 0.25) is 0 Å². The molecule has 20 heavy (non-hydrogen) atoms. The molecular formula is C15H14F2N2O. The Balaban J connectivity index is 2.02. The predicted molar refractivity (Wildman–Crippen MR) is 72.3 cm³/mol. The van der Waals surface area contributed by atoms with Crippen LogP contribution < -0.4 is 5.32 Å². The van der Waals surface area contributed by atoms with Crippen LogP contribution in [0.25, 0.3) is 10.9 Å². The van der Waals surface area contributed by atoms with Gasteiger partial charge in [-0.05, 0) is 43.0 Å². The Bertz CT molecular complexity index is 705. The van der Waals surface area contributed by atoms with Gasteiger partial charge in [0.05, 0.1) is 6.04 Å². The molecule has 0 fully saturated rings. The van der Waals surface area contributed by atoms with E-state index < -0.39 is 11.7 Å². The first-order valence-corrected chi connectivity index (χ1v) is 6.51. The van der Waals surface area contributed by atoms with Crippen molar-refractivity contribution in [2.24, 2.45) is 0 Å². The third kappa shape index (κ3) is 2.09. The summed E-state index contributed by atoms with van der Waals surface area (Å²) in [5.41, 5.74) is 2.67. The quantitative estimate of drug-likeness (QED) is 0.812. The topological polar surface area (TPSA) is 44.9 Å². The highest BCUT2D eigenvalue weighted by Crippen LogP contribution is 2.35. The Morgan fingerprint density at radius 1 is 1.45 bits per heavy atom. The summed E-state index contributed by atoms with van der Waals surface area (Å²) in [6.07, 6.45) is 2.41. The van der Waals surface area contributed by atoms with Crippen molar-refractivity contribution in [1.29, 1.82) is 0 Å². The fraction of sp³-hybridized carbons (Fsp3) is 0.267. The van der Waals surface area contributed by atoms with Crippen LogP contribution in [-0.2, 0) is 11.2 Å². The summed E-state index contributed by atoms with van der Waals surface area (Å²) < 4.78 is 26.2. The molecule has 1 aromatic heterocycles. The lowest BCUT2D eigenvalue weighted by molar-refractivity contribution is -0.119. The molecule has 3 nitrogen and oxygen atoms in total. The van der Waals surface area contributed by atoms with Gasteiger partial charge < -0.3 is 10.3 Å². The highest BCUT2D eigenvalue weighted by Gasteiger charge is 2.26. The summed E-state index contributed by atoms with van der Waals surface area (Å²) in [5, 5.41) is 3.44. The first-order chi connectivity index (χ1) is 9.56. The highest BCUT2D eigenvalue weighted by atomic mass is 19.1. The highest BCUT2D eigenvalue weighted by molar-refractivity contribution is 5.91. The Morgan fingerprint density at radius 2 is 2.25 bits per heavy atom. The van der Waals surface area contributed by atoms with Gasteiger partial charge in [0, 0.05) is 16.6 Å². The number of carbonyl (C=O) groups excluding carboxylic acids is 1. The maximum atomic E-state index is 13.4. The number of rotatable bonds is 2.